The molecule has 0 atom stereocenters. The van der Waals surface area contributed by atoms with Crippen LogP contribution in [0.15, 0.2) is 18.2 Å². The molecule has 0 aliphatic heterocycles. The first-order valence-electron chi connectivity index (χ1n) is 6.13. The summed E-state index contributed by atoms with van der Waals surface area (Å²) in [4.78, 5) is 12.5. The fraction of sp³-hybridized carbons (Fsp3) is 0.429. The minimum Gasteiger partial charge on any atom is -0.481 e. The molecule has 1 rings (SSSR count). The summed E-state index contributed by atoms with van der Waals surface area (Å²) in [5, 5.41) is 17.7. The van der Waals surface area contributed by atoms with Crippen molar-refractivity contribution in [3.63, 3.8) is 0 Å². The third-order valence-electron chi connectivity index (χ3n) is 2.80. The Bertz CT molecular complexity index is 495. The molecule has 0 aromatic heterocycles. The maximum atomic E-state index is 13.1. The van der Waals surface area contributed by atoms with Gasteiger partial charge in [0.2, 0.25) is 0 Å². The maximum absolute atomic E-state index is 13.1. The number of anilines is 1. The first kappa shape index (κ1) is 15.0. The Kier molecular flexibility index (Phi) is 5.31. The molecule has 0 amide bonds. The predicted octanol–water partition coefficient (Wildman–Crippen LogP) is 2.78. The zero-order valence-electron chi connectivity index (χ0n) is 11.1. The molecule has 102 valence electrons. The van der Waals surface area contributed by atoms with Gasteiger partial charge >= 0.3 is 5.97 Å². The van der Waals surface area contributed by atoms with Gasteiger partial charge in [-0.25, -0.2) is 4.39 Å². The lowest BCUT2D eigenvalue weighted by Gasteiger charge is -2.29. The Labute approximate surface area is 112 Å². The fourth-order valence-corrected chi connectivity index (χ4v) is 1.91. The molecule has 19 heavy (non-hydrogen) atoms. The Morgan fingerprint density at radius 2 is 2.21 bits per heavy atom. The minimum absolute atomic E-state index is 0.0757. The molecule has 0 unspecified atom stereocenters. The van der Waals surface area contributed by atoms with E-state index in [4.69, 9.17) is 10.4 Å². The summed E-state index contributed by atoms with van der Waals surface area (Å²) in [6.07, 6.45) is 0.558. The van der Waals surface area contributed by atoms with Crippen LogP contribution in [-0.2, 0) is 4.79 Å². The second-order valence-corrected chi connectivity index (χ2v) is 4.56. The van der Waals surface area contributed by atoms with Crippen molar-refractivity contribution in [2.45, 2.75) is 32.7 Å². The third kappa shape index (κ3) is 4.25. The van der Waals surface area contributed by atoms with Crippen molar-refractivity contribution in [3.8, 4) is 6.07 Å². The van der Waals surface area contributed by atoms with Crippen LogP contribution in [0.4, 0.5) is 10.1 Å². The lowest BCUT2D eigenvalue weighted by molar-refractivity contribution is -0.137. The van der Waals surface area contributed by atoms with Crippen molar-refractivity contribution in [2.24, 2.45) is 0 Å². The number of rotatable bonds is 6. The van der Waals surface area contributed by atoms with Crippen LogP contribution in [0.5, 0.6) is 0 Å². The van der Waals surface area contributed by atoms with E-state index in [-0.39, 0.29) is 18.0 Å². The van der Waals surface area contributed by atoms with E-state index >= 15 is 0 Å². The Balaban J connectivity index is 2.93. The number of carboxylic acid groups (broad SMARTS) is 1. The molecular formula is C14H17FN2O2. The minimum atomic E-state index is -0.844. The number of nitriles is 1. The molecule has 0 spiro atoms. The molecule has 0 saturated heterocycles. The molecule has 0 aliphatic rings. The van der Waals surface area contributed by atoms with E-state index in [9.17, 15) is 9.18 Å². The van der Waals surface area contributed by atoms with E-state index in [2.05, 4.69) is 0 Å². The quantitative estimate of drug-likeness (QED) is 0.858. The highest BCUT2D eigenvalue weighted by atomic mass is 19.1. The standard InChI is InChI=1S/C14H17FN2O2/c1-10(2)17(7-3-4-14(18)19)13-6-5-12(15)8-11(13)9-16/h5-6,8,10H,3-4,7H2,1-2H3,(H,18,19). The van der Waals surface area contributed by atoms with E-state index < -0.39 is 11.8 Å². The van der Waals surface area contributed by atoms with Crippen LogP contribution in [0.1, 0.15) is 32.3 Å². The molecule has 0 heterocycles. The summed E-state index contributed by atoms with van der Waals surface area (Å²) < 4.78 is 13.1. The average molecular weight is 264 g/mol. The van der Waals surface area contributed by atoms with Gasteiger partial charge in [-0.2, -0.15) is 5.26 Å². The van der Waals surface area contributed by atoms with Crippen LogP contribution in [0, 0.1) is 17.1 Å². The van der Waals surface area contributed by atoms with Crippen molar-refractivity contribution in [1.82, 2.24) is 0 Å². The monoisotopic (exact) mass is 264 g/mol. The molecule has 0 fully saturated rings. The van der Waals surface area contributed by atoms with Gasteiger partial charge in [0, 0.05) is 19.0 Å². The number of benzene rings is 1. The number of nitrogens with zero attached hydrogens (tertiary/aromatic N) is 2. The van der Waals surface area contributed by atoms with Gasteiger partial charge in [-0.05, 0) is 38.5 Å². The average Bonchev–Trinajstić information content (AvgIpc) is 2.34. The van der Waals surface area contributed by atoms with E-state index in [1.54, 1.807) is 6.07 Å². The van der Waals surface area contributed by atoms with Crippen LogP contribution < -0.4 is 4.90 Å². The van der Waals surface area contributed by atoms with Crippen LogP contribution in [0.25, 0.3) is 0 Å². The Morgan fingerprint density at radius 1 is 1.53 bits per heavy atom. The highest BCUT2D eigenvalue weighted by Crippen LogP contribution is 2.23. The van der Waals surface area contributed by atoms with Crippen molar-refractivity contribution >= 4 is 11.7 Å². The largest absolute Gasteiger partial charge is 0.481 e. The zero-order chi connectivity index (χ0) is 14.4. The zero-order valence-corrected chi connectivity index (χ0v) is 11.1. The molecule has 5 heteroatoms. The summed E-state index contributed by atoms with van der Waals surface area (Å²) in [5.41, 5.74) is 0.910. The Morgan fingerprint density at radius 3 is 2.74 bits per heavy atom. The maximum Gasteiger partial charge on any atom is 0.303 e. The number of halogens is 1. The van der Waals surface area contributed by atoms with Crippen molar-refractivity contribution < 1.29 is 14.3 Å². The number of carbonyl (C=O) groups is 1. The molecule has 0 aliphatic carbocycles. The van der Waals surface area contributed by atoms with E-state index in [1.807, 2.05) is 24.8 Å². The van der Waals surface area contributed by atoms with Gasteiger partial charge in [0.05, 0.1) is 11.3 Å². The number of aliphatic carboxylic acids is 1. The van der Waals surface area contributed by atoms with Gasteiger partial charge in [-0.3, -0.25) is 4.79 Å². The van der Waals surface area contributed by atoms with Crippen molar-refractivity contribution in [1.29, 1.82) is 5.26 Å². The smallest absolute Gasteiger partial charge is 0.303 e. The number of hydrogen-bond acceptors (Lipinski definition) is 3. The summed E-state index contributed by atoms with van der Waals surface area (Å²) >= 11 is 0. The molecule has 4 nitrogen and oxygen atoms in total. The van der Waals surface area contributed by atoms with Gasteiger partial charge in [0.15, 0.2) is 0 Å². The van der Waals surface area contributed by atoms with E-state index in [1.165, 1.54) is 12.1 Å². The molecular weight excluding hydrogens is 247 g/mol. The molecule has 1 N–H and O–H groups in total. The van der Waals surface area contributed by atoms with E-state index in [0.717, 1.165) is 0 Å². The SMILES string of the molecule is CC(C)N(CCCC(=O)O)c1ccc(F)cc1C#N. The van der Waals surface area contributed by atoms with Crippen molar-refractivity contribution in [2.75, 3.05) is 11.4 Å². The lowest BCUT2D eigenvalue weighted by Crippen LogP contribution is -2.32. The first-order chi connectivity index (χ1) is 8.95. The molecule has 0 radical (unpaired) electrons. The topological polar surface area (TPSA) is 64.3 Å². The van der Waals surface area contributed by atoms with E-state index in [0.29, 0.717) is 18.7 Å². The predicted molar refractivity (Wildman–Crippen MR) is 70.5 cm³/mol. The lowest BCUT2D eigenvalue weighted by atomic mass is 10.1. The Hall–Kier alpha value is -2.09. The summed E-state index contributed by atoms with van der Waals surface area (Å²) in [6, 6.07) is 6.14. The molecule has 1 aromatic carbocycles. The highest BCUT2D eigenvalue weighted by Gasteiger charge is 2.15. The van der Waals surface area contributed by atoms with Crippen LogP contribution in [0.3, 0.4) is 0 Å². The second kappa shape index (κ2) is 6.74. The molecule has 0 saturated carbocycles. The number of hydrogen-bond donors (Lipinski definition) is 1. The van der Waals surface area contributed by atoms with Gasteiger partial charge in [0.25, 0.3) is 0 Å². The third-order valence-corrected chi connectivity index (χ3v) is 2.80. The van der Waals surface area contributed by atoms with Gasteiger partial charge in [0.1, 0.15) is 11.9 Å². The van der Waals surface area contributed by atoms with Gasteiger partial charge < -0.3 is 10.0 Å². The van der Waals surface area contributed by atoms with Crippen molar-refractivity contribution in [3.05, 3.63) is 29.6 Å². The van der Waals surface area contributed by atoms with Gasteiger partial charge in [-0.1, -0.05) is 0 Å². The fourth-order valence-electron chi connectivity index (χ4n) is 1.91. The van der Waals surface area contributed by atoms with Crippen LogP contribution in [0.2, 0.25) is 0 Å². The summed E-state index contributed by atoms with van der Waals surface area (Å²) in [6.45, 7) is 4.42. The molecule has 0 bridgehead atoms. The highest BCUT2D eigenvalue weighted by molar-refractivity contribution is 5.66. The summed E-state index contributed by atoms with van der Waals surface area (Å²) in [5.74, 6) is -1.29. The number of carboxylic acids is 1. The molecule has 1 aromatic rings. The van der Waals surface area contributed by atoms with Crippen LogP contribution in [-0.4, -0.2) is 23.7 Å². The van der Waals surface area contributed by atoms with Crippen LogP contribution >= 0.6 is 0 Å². The normalized spacial score (nSPS) is 10.3. The second-order valence-electron chi connectivity index (χ2n) is 4.56. The summed E-state index contributed by atoms with van der Waals surface area (Å²) in [7, 11) is 0. The van der Waals surface area contributed by atoms with Gasteiger partial charge in [-0.15, -0.1) is 0 Å². The first-order valence-corrected chi connectivity index (χ1v) is 6.13.